The van der Waals surface area contributed by atoms with E-state index < -0.39 is 0 Å². The molecule has 0 aromatic heterocycles. The third-order valence-electron chi connectivity index (χ3n) is 1.86. The van der Waals surface area contributed by atoms with Gasteiger partial charge in [0.2, 0.25) is 0 Å². The molecule has 0 aromatic rings. The predicted molar refractivity (Wildman–Crippen MR) is 38.3 cm³/mol. The first-order chi connectivity index (χ1) is 4.84. The Morgan fingerprint density at radius 1 is 1.50 bits per heavy atom. The van der Waals surface area contributed by atoms with Gasteiger partial charge < -0.3 is 4.74 Å². The van der Waals surface area contributed by atoms with Crippen molar-refractivity contribution in [1.29, 1.82) is 5.26 Å². The van der Waals surface area contributed by atoms with Gasteiger partial charge in [0.25, 0.3) is 0 Å². The topological polar surface area (TPSA) is 33.0 Å². The van der Waals surface area contributed by atoms with Gasteiger partial charge in [-0.05, 0) is 18.8 Å². The molecule has 1 saturated heterocycles. The van der Waals surface area contributed by atoms with Gasteiger partial charge in [0.15, 0.2) is 0 Å². The van der Waals surface area contributed by atoms with Gasteiger partial charge in [-0.25, -0.2) is 0 Å². The van der Waals surface area contributed by atoms with E-state index in [2.05, 4.69) is 12.6 Å². The molecule has 1 rings (SSSR count). The van der Waals surface area contributed by atoms with Gasteiger partial charge >= 0.3 is 0 Å². The summed E-state index contributed by atoms with van der Waals surface area (Å²) in [6.45, 7) is 5.25. The number of hydrogen-bond donors (Lipinski definition) is 0. The van der Waals surface area contributed by atoms with Crippen molar-refractivity contribution in [3.05, 3.63) is 12.2 Å². The molecule has 0 aromatic carbocycles. The molecule has 2 heteroatoms. The molecule has 2 nitrogen and oxygen atoms in total. The van der Waals surface area contributed by atoms with Crippen LogP contribution >= 0.6 is 0 Å². The summed E-state index contributed by atoms with van der Waals surface area (Å²) in [5.74, 6) is 0.388. The third-order valence-corrected chi connectivity index (χ3v) is 1.86. The Balaban J connectivity index is 2.40. The van der Waals surface area contributed by atoms with Gasteiger partial charge in [-0.15, -0.1) is 0 Å². The Bertz CT molecular complexity index is 163. The standard InChI is InChI=1S/C8H11NO/c1-7(6-9)8-2-4-10-5-3-8/h8H,1-5H2. The molecule has 0 bridgehead atoms. The maximum absolute atomic E-state index is 8.50. The fraction of sp³-hybridized carbons (Fsp3) is 0.625. The zero-order valence-electron chi connectivity index (χ0n) is 5.97. The summed E-state index contributed by atoms with van der Waals surface area (Å²) in [6, 6.07) is 2.08. The lowest BCUT2D eigenvalue weighted by Crippen LogP contribution is -2.16. The lowest BCUT2D eigenvalue weighted by molar-refractivity contribution is 0.0769. The van der Waals surface area contributed by atoms with Crippen LogP contribution < -0.4 is 0 Å². The summed E-state index contributed by atoms with van der Waals surface area (Å²) in [7, 11) is 0. The molecule has 54 valence electrons. The number of hydrogen-bond acceptors (Lipinski definition) is 2. The van der Waals surface area contributed by atoms with Crippen molar-refractivity contribution in [1.82, 2.24) is 0 Å². The molecule has 0 saturated carbocycles. The highest BCUT2D eigenvalue weighted by Crippen LogP contribution is 2.20. The molecule has 10 heavy (non-hydrogen) atoms. The molecule has 0 radical (unpaired) electrons. The molecule has 1 aliphatic heterocycles. The van der Waals surface area contributed by atoms with E-state index in [9.17, 15) is 0 Å². The predicted octanol–water partition coefficient (Wildman–Crippen LogP) is 1.49. The molecule has 1 aliphatic rings. The number of allylic oxidation sites excluding steroid dienone is 1. The van der Waals surface area contributed by atoms with Crippen molar-refractivity contribution in [2.75, 3.05) is 13.2 Å². The maximum atomic E-state index is 8.50. The molecule has 0 atom stereocenters. The summed E-state index contributed by atoms with van der Waals surface area (Å²) < 4.78 is 5.14. The highest BCUT2D eigenvalue weighted by Gasteiger charge is 2.15. The Hall–Kier alpha value is -0.810. The minimum Gasteiger partial charge on any atom is -0.381 e. The minimum absolute atomic E-state index is 0.388. The van der Waals surface area contributed by atoms with Crippen LogP contribution in [-0.4, -0.2) is 13.2 Å². The van der Waals surface area contributed by atoms with Crippen LogP contribution in [0.2, 0.25) is 0 Å². The molecule has 0 aliphatic carbocycles. The quantitative estimate of drug-likeness (QED) is 0.513. The smallest absolute Gasteiger partial charge is 0.0943 e. The van der Waals surface area contributed by atoms with Crippen LogP contribution in [0.25, 0.3) is 0 Å². The van der Waals surface area contributed by atoms with Gasteiger partial charge in [-0.2, -0.15) is 5.26 Å². The zero-order chi connectivity index (χ0) is 7.40. The summed E-state index contributed by atoms with van der Waals surface area (Å²) in [6.07, 6.45) is 1.93. The second kappa shape index (κ2) is 3.38. The average Bonchev–Trinajstić information content (AvgIpc) is 2.05. The van der Waals surface area contributed by atoms with Gasteiger partial charge in [-0.1, -0.05) is 6.58 Å². The maximum Gasteiger partial charge on any atom is 0.0943 e. The lowest BCUT2D eigenvalue weighted by Gasteiger charge is -2.20. The highest BCUT2D eigenvalue weighted by atomic mass is 16.5. The van der Waals surface area contributed by atoms with Crippen LogP contribution in [0.1, 0.15) is 12.8 Å². The van der Waals surface area contributed by atoms with Crippen LogP contribution in [0.4, 0.5) is 0 Å². The van der Waals surface area contributed by atoms with Crippen molar-refractivity contribution in [3.8, 4) is 6.07 Å². The average molecular weight is 137 g/mol. The van der Waals surface area contributed by atoms with E-state index in [-0.39, 0.29) is 0 Å². The number of nitrogens with zero attached hydrogens (tertiary/aromatic N) is 1. The van der Waals surface area contributed by atoms with Crippen LogP contribution in [0, 0.1) is 17.2 Å². The van der Waals surface area contributed by atoms with Crippen molar-refractivity contribution in [2.24, 2.45) is 5.92 Å². The van der Waals surface area contributed by atoms with Gasteiger partial charge in [0.1, 0.15) is 0 Å². The summed E-state index contributed by atoms with van der Waals surface area (Å²) in [5.41, 5.74) is 0.711. The van der Waals surface area contributed by atoms with Crippen molar-refractivity contribution in [3.63, 3.8) is 0 Å². The van der Waals surface area contributed by atoms with E-state index in [1.807, 2.05) is 0 Å². The molecule has 0 spiro atoms. The van der Waals surface area contributed by atoms with Crippen molar-refractivity contribution in [2.45, 2.75) is 12.8 Å². The molecular weight excluding hydrogens is 126 g/mol. The second-order valence-electron chi connectivity index (χ2n) is 2.52. The normalized spacial score (nSPS) is 19.9. The molecule has 0 N–H and O–H groups in total. The molecule has 0 unspecified atom stereocenters. The van der Waals surface area contributed by atoms with Gasteiger partial charge in [0.05, 0.1) is 6.07 Å². The largest absolute Gasteiger partial charge is 0.381 e. The first kappa shape index (κ1) is 7.30. The fourth-order valence-corrected chi connectivity index (χ4v) is 1.14. The van der Waals surface area contributed by atoms with Crippen LogP contribution in [0.5, 0.6) is 0 Å². The van der Waals surface area contributed by atoms with E-state index in [0.29, 0.717) is 11.5 Å². The fourth-order valence-electron chi connectivity index (χ4n) is 1.14. The van der Waals surface area contributed by atoms with E-state index in [1.54, 1.807) is 0 Å². The minimum atomic E-state index is 0.388. The second-order valence-corrected chi connectivity index (χ2v) is 2.52. The summed E-state index contributed by atoms with van der Waals surface area (Å²) in [4.78, 5) is 0. The van der Waals surface area contributed by atoms with E-state index in [0.717, 1.165) is 26.1 Å². The van der Waals surface area contributed by atoms with E-state index in [4.69, 9.17) is 10.00 Å². The van der Waals surface area contributed by atoms with E-state index in [1.165, 1.54) is 0 Å². The molecule has 0 amide bonds. The lowest BCUT2D eigenvalue weighted by atomic mass is 9.93. The number of nitriles is 1. The number of rotatable bonds is 1. The van der Waals surface area contributed by atoms with Crippen molar-refractivity contribution >= 4 is 0 Å². The summed E-state index contributed by atoms with van der Waals surface area (Å²) >= 11 is 0. The van der Waals surface area contributed by atoms with Gasteiger partial charge in [0, 0.05) is 18.8 Å². The Morgan fingerprint density at radius 3 is 2.60 bits per heavy atom. The monoisotopic (exact) mass is 137 g/mol. The van der Waals surface area contributed by atoms with E-state index >= 15 is 0 Å². The Kier molecular flexibility index (Phi) is 2.47. The first-order valence-corrected chi connectivity index (χ1v) is 3.51. The van der Waals surface area contributed by atoms with Crippen molar-refractivity contribution < 1.29 is 4.74 Å². The SMILES string of the molecule is C=C(C#N)C1CCOCC1. The van der Waals surface area contributed by atoms with Crippen LogP contribution in [-0.2, 0) is 4.74 Å². The summed E-state index contributed by atoms with van der Waals surface area (Å²) in [5, 5.41) is 8.50. The molecular formula is C8H11NO. The van der Waals surface area contributed by atoms with Crippen LogP contribution in [0.3, 0.4) is 0 Å². The highest BCUT2D eigenvalue weighted by molar-refractivity contribution is 5.19. The molecule has 1 fully saturated rings. The van der Waals surface area contributed by atoms with Crippen LogP contribution in [0.15, 0.2) is 12.2 Å². The first-order valence-electron chi connectivity index (χ1n) is 3.51. The van der Waals surface area contributed by atoms with Gasteiger partial charge in [-0.3, -0.25) is 0 Å². The Morgan fingerprint density at radius 2 is 2.10 bits per heavy atom. The number of ether oxygens (including phenoxy) is 1. The zero-order valence-corrected chi connectivity index (χ0v) is 5.97. The third kappa shape index (κ3) is 1.58. The Labute approximate surface area is 61.1 Å². The molecule has 1 heterocycles.